The van der Waals surface area contributed by atoms with Crippen LogP contribution in [0.5, 0.6) is 0 Å². The third-order valence-electron chi connectivity index (χ3n) is 3.18. The Kier molecular flexibility index (Phi) is 3.66. The minimum atomic E-state index is -0.475. The van der Waals surface area contributed by atoms with Crippen LogP contribution in [0.1, 0.15) is 48.0 Å². The van der Waals surface area contributed by atoms with Gasteiger partial charge in [-0.2, -0.15) is 0 Å². The maximum Gasteiger partial charge on any atom is 0.205 e. The molecule has 0 bridgehead atoms. The molecule has 2 N–H and O–H groups in total. The maximum absolute atomic E-state index is 12.5. The molecule has 0 fully saturated rings. The van der Waals surface area contributed by atoms with Gasteiger partial charge >= 0.3 is 0 Å². The van der Waals surface area contributed by atoms with Crippen molar-refractivity contribution < 1.29 is 9.53 Å². The molecular weight excluding hydrogens is 226 g/mol. The minimum absolute atomic E-state index is 0.0197. The van der Waals surface area contributed by atoms with Crippen LogP contribution in [0, 0.1) is 10.8 Å². The summed E-state index contributed by atoms with van der Waals surface area (Å²) in [5, 5.41) is 0. The van der Waals surface area contributed by atoms with Gasteiger partial charge in [-0.1, -0.05) is 40.2 Å². The van der Waals surface area contributed by atoms with Crippen LogP contribution < -0.4 is 5.73 Å². The third-order valence-corrected chi connectivity index (χ3v) is 3.18. The van der Waals surface area contributed by atoms with Gasteiger partial charge in [0.05, 0.1) is 5.57 Å². The minimum Gasteiger partial charge on any atom is -0.467 e. The van der Waals surface area contributed by atoms with E-state index in [0.717, 1.165) is 12.0 Å². The molecule has 1 atom stereocenters. The van der Waals surface area contributed by atoms with E-state index in [2.05, 4.69) is 6.58 Å². The molecule has 1 heterocycles. The quantitative estimate of drug-likeness (QED) is 0.784. The van der Waals surface area contributed by atoms with Gasteiger partial charge in [-0.3, -0.25) is 4.79 Å². The highest BCUT2D eigenvalue weighted by molar-refractivity contribution is 6.02. The topological polar surface area (TPSA) is 52.3 Å². The molecule has 0 amide bonds. The van der Waals surface area contributed by atoms with Gasteiger partial charge in [-0.05, 0) is 13.3 Å². The van der Waals surface area contributed by atoms with Crippen molar-refractivity contribution in [3.8, 4) is 0 Å². The van der Waals surface area contributed by atoms with Crippen molar-refractivity contribution in [1.82, 2.24) is 0 Å². The largest absolute Gasteiger partial charge is 0.467 e. The molecule has 1 unspecified atom stereocenters. The van der Waals surface area contributed by atoms with Gasteiger partial charge in [0.15, 0.2) is 12.0 Å². The number of carbonyl (C=O) groups is 1. The molecule has 0 aromatic rings. The second-order valence-corrected chi connectivity index (χ2v) is 6.99. The Bertz CT molecular complexity index is 411. The summed E-state index contributed by atoms with van der Waals surface area (Å²) in [5.41, 5.74) is 7.00. The Labute approximate surface area is 110 Å². The third kappa shape index (κ3) is 2.77. The van der Waals surface area contributed by atoms with Gasteiger partial charge in [0.1, 0.15) is 0 Å². The first-order chi connectivity index (χ1) is 7.97. The zero-order chi connectivity index (χ0) is 14.3. The summed E-state index contributed by atoms with van der Waals surface area (Å²) in [6.45, 7) is 15.8. The predicted molar refractivity (Wildman–Crippen MR) is 73.8 cm³/mol. The molecule has 1 rings (SSSR count). The Morgan fingerprint density at radius 3 is 2.17 bits per heavy atom. The predicted octanol–water partition coefficient (Wildman–Crippen LogP) is 3.16. The normalized spacial score (nSPS) is 21.2. The van der Waals surface area contributed by atoms with Crippen molar-refractivity contribution in [1.29, 1.82) is 0 Å². The average molecular weight is 251 g/mol. The molecule has 3 nitrogen and oxygen atoms in total. The number of rotatable bonds is 3. The first-order valence-corrected chi connectivity index (χ1v) is 6.32. The van der Waals surface area contributed by atoms with Crippen LogP contribution in [-0.4, -0.2) is 11.9 Å². The van der Waals surface area contributed by atoms with Crippen LogP contribution in [0.2, 0.25) is 0 Å². The summed E-state index contributed by atoms with van der Waals surface area (Å²) in [6.07, 6.45) is 0.256. The number of carbonyl (C=O) groups excluding carboxylic acids is 1. The number of ether oxygens (including phenoxy) is 1. The molecule has 18 heavy (non-hydrogen) atoms. The van der Waals surface area contributed by atoms with Gasteiger partial charge in [0.25, 0.3) is 0 Å². The number of hydrogen-bond donors (Lipinski definition) is 1. The van der Waals surface area contributed by atoms with Crippen molar-refractivity contribution >= 4 is 5.78 Å². The van der Waals surface area contributed by atoms with E-state index in [1.165, 1.54) is 0 Å². The summed E-state index contributed by atoms with van der Waals surface area (Å²) in [7, 11) is 0. The van der Waals surface area contributed by atoms with E-state index in [9.17, 15) is 4.79 Å². The average Bonchev–Trinajstić information content (AvgIpc) is 2.38. The summed E-state index contributed by atoms with van der Waals surface area (Å²) < 4.78 is 5.60. The first kappa shape index (κ1) is 14.8. The number of hydrogen-bond acceptors (Lipinski definition) is 3. The van der Waals surface area contributed by atoms with Crippen molar-refractivity contribution in [2.45, 2.75) is 54.1 Å². The summed E-state index contributed by atoms with van der Waals surface area (Å²) in [4.78, 5) is 12.5. The fraction of sp³-hybridized carbons (Fsp3) is 0.667. The van der Waals surface area contributed by atoms with Gasteiger partial charge in [-0.15, -0.1) is 6.58 Å². The zero-order valence-corrected chi connectivity index (χ0v) is 12.4. The van der Waals surface area contributed by atoms with Gasteiger partial charge in [-0.25, -0.2) is 0 Å². The van der Waals surface area contributed by atoms with Gasteiger partial charge in [0, 0.05) is 10.8 Å². The lowest BCUT2D eigenvalue weighted by molar-refractivity contribution is -0.126. The zero-order valence-electron chi connectivity index (χ0n) is 12.4. The van der Waals surface area contributed by atoms with Crippen molar-refractivity contribution in [2.24, 2.45) is 16.6 Å². The van der Waals surface area contributed by atoms with Crippen LogP contribution in [-0.2, 0) is 9.53 Å². The summed E-state index contributed by atoms with van der Waals surface area (Å²) in [6, 6.07) is 0. The molecule has 0 spiro atoms. The van der Waals surface area contributed by atoms with E-state index in [1.807, 2.05) is 41.5 Å². The number of allylic oxidation sites excluding steroid dienone is 1. The lowest BCUT2D eigenvalue weighted by Crippen LogP contribution is -2.35. The fourth-order valence-corrected chi connectivity index (χ4v) is 2.57. The highest BCUT2D eigenvalue weighted by Gasteiger charge is 2.46. The van der Waals surface area contributed by atoms with Crippen LogP contribution >= 0.6 is 0 Å². The van der Waals surface area contributed by atoms with Crippen LogP contribution in [0.25, 0.3) is 0 Å². The summed E-state index contributed by atoms with van der Waals surface area (Å²) >= 11 is 0. The monoisotopic (exact) mass is 251 g/mol. The second kappa shape index (κ2) is 4.45. The van der Waals surface area contributed by atoms with Crippen LogP contribution in [0.3, 0.4) is 0 Å². The number of nitrogens with two attached hydrogens (primary N) is 1. The number of Topliss-reactive ketones (excluding diaryl/α,β-unsaturated/α-hetero) is 1. The standard InChI is InChI=1S/C15H25NO2/c1-9(2)8-15(6,7)10-11(17)12(14(3,4)5)18-13(10)16/h12H,1,8,16H2,2-7H3. The molecule has 3 heteroatoms. The highest BCUT2D eigenvalue weighted by Crippen LogP contribution is 2.42. The second-order valence-electron chi connectivity index (χ2n) is 6.99. The van der Waals surface area contributed by atoms with E-state index in [-0.39, 0.29) is 22.5 Å². The molecular formula is C15H25NO2. The van der Waals surface area contributed by atoms with E-state index in [0.29, 0.717) is 5.57 Å². The van der Waals surface area contributed by atoms with E-state index in [4.69, 9.17) is 10.5 Å². The lowest BCUT2D eigenvalue weighted by Gasteiger charge is -2.27. The fourth-order valence-electron chi connectivity index (χ4n) is 2.57. The van der Waals surface area contributed by atoms with Gasteiger partial charge < -0.3 is 10.5 Å². The van der Waals surface area contributed by atoms with E-state index < -0.39 is 6.10 Å². The molecule has 1 aliphatic rings. The molecule has 0 aliphatic carbocycles. The van der Waals surface area contributed by atoms with Crippen molar-refractivity contribution in [3.63, 3.8) is 0 Å². The Morgan fingerprint density at radius 1 is 1.33 bits per heavy atom. The molecule has 0 aromatic carbocycles. The Balaban J connectivity index is 3.07. The molecule has 102 valence electrons. The number of ketones is 1. The van der Waals surface area contributed by atoms with Crippen molar-refractivity contribution in [3.05, 3.63) is 23.6 Å². The highest BCUT2D eigenvalue weighted by atomic mass is 16.5. The Hall–Kier alpha value is -1.25. The molecule has 0 saturated heterocycles. The molecule has 0 saturated carbocycles. The SMILES string of the molecule is C=C(C)CC(C)(C)C1=C(N)OC(C(C)(C)C)C1=O. The molecule has 1 aliphatic heterocycles. The van der Waals surface area contributed by atoms with Crippen molar-refractivity contribution in [2.75, 3.05) is 0 Å². The lowest BCUT2D eigenvalue weighted by atomic mass is 9.74. The van der Waals surface area contributed by atoms with Gasteiger partial charge in [0.2, 0.25) is 5.78 Å². The first-order valence-electron chi connectivity index (χ1n) is 6.32. The van der Waals surface area contributed by atoms with E-state index >= 15 is 0 Å². The molecule has 0 aromatic heterocycles. The Morgan fingerprint density at radius 2 is 1.83 bits per heavy atom. The van der Waals surface area contributed by atoms with E-state index in [1.54, 1.807) is 0 Å². The smallest absolute Gasteiger partial charge is 0.205 e. The van der Waals surface area contributed by atoms with Crippen LogP contribution in [0.4, 0.5) is 0 Å². The van der Waals surface area contributed by atoms with Crippen LogP contribution in [0.15, 0.2) is 23.6 Å². The summed E-state index contributed by atoms with van der Waals surface area (Å²) in [5.74, 6) is 0.303. The molecule has 0 radical (unpaired) electrons. The maximum atomic E-state index is 12.5.